The van der Waals surface area contributed by atoms with E-state index in [1.807, 2.05) is 0 Å². The summed E-state index contributed by atoms with van der Waals surface area (Å²) in [5.74, 6) is 0. The Morgan fingerprint density at radius 1 is 1.33 bits per heavy atom. The van der Waals surface area contributed by atoms with Crippen molar-refractivity contribution in [2.24, 2.45) is 0 Å². The molecule has 0 saturated heterocycles. The van der Waals surface area contributed by atoms with Gasteiger partial charge in [-0.1, -0.05) is 0 Å². The molecule has 1 rings (SSSR count). The zero-order chi connectivity index (χ0) is 5.82. The van der Waals surface area contributed by atoms with Crippen LogP contribution < -0.4 is 4.74 Å². The molecule has 5 heteroatoms. The molecule has 0 fully saturated rings. The van der Waals surface area contributed by atoms with Gasteiger partial charge < -0.3 is 4.74 Å². The summed E-state index contributed by atoms with van der Waals surface area (Å²) < 4.78 is 4.40. The van der Waals surface area contributed by atoms with E-state index in [9.17, 15) is 0 Å². The molecule has 0 atom stereocenters. The number of hydrogen-bond acceptors (Lipinski definition) is 4. The second kappa shape index (κ2) is 4.76. The van der Waals surface area contributed by atoms with Crippen LogP contribution in [0.1, 0.15) is 0 Å². The molecule has 0 amide bonds. The van der Waals surface area contributed by atoms with Crippen molar-refractivity contribution in [2.75, 3.05) is 0 Å². The van der Waals surface area contributed by atoms with E-state index in [1.165, 1.54) is 12.7 Å². The van der Waals surface area contributed by atoms with E-state index >= 15 is 0 Å². The van der Waals surface area contributed by atoms with Gasteiger partial charge in [0.1, 0.15) is 12.7 Å². The van der Waals surface area contributed by atoms with E-state index in [0.717, 1.165) is 0 Å². The zero-order valence-corrected chi connectivity index (χ0v) is 7.53. The molecule has 0 unspecified atom stereocenters. The zero-order valence-electron chi connectivity index (χ0n) is 4.69. The smallest absolute Gasteiger partial charge is 0.638 e. The Bertz CT molecular complexity index is 157. The fourth-order valence-electron chi connectivity index (χ4n) is 0.303. The Labute approximate surface area is 78.0 Å². The maximum absolute atomic E-state index is 4.40. The molecule has 0 N–H and O–H groups in total. The minimum absolute atomic E-state index is 0. The average Bonchev–Trinajstić information content (AvgIpc) is 1.90. The summed E-state index contributed by atoms with van der Waals surface area (Å²) in [7, 11) is 3.10. The van der Waals surface area contributed by atoms with Gasteiger partial charge in [-0.2, -0.15) is 17.1 Å². The van der Waals surface area contributed by atoms with E-state index in [0.29, 0.717) is 0 Å². The van der Waals surface area contributed by atoms with E-state index in [4.69, 9.17) is 0 Å². The van der Waals surface area contributed by atoms with Gasteiger partial charge in [0.15, 0.2) is 0 Å². The topological polar surface area (TPSA) is 47.9 Å². The number of aromatic nitrogens is 3. The minimum atomic E-state index is 0. The molecule has 0 aliphatic rings. The number of nitrogens with zero attached hydrogens (tertiary/aromatic N) is 3. The largest absolute Gasteiger partial charge is 3.00 e. The van der Waals surface area contributed by atoms with Crippen LogP contribution in [-0.2, 0) is 32.7 Å². The molecule has 42 valence electrons. The van der Waals surface area contributed by atoms with Crippen molar-refractivity contribution in [3.8, 4) is 6.01 Å². The Kier molecular flexibility index (Phi) is 4.72. The fraction of sp³-hybridized carbons (Fsp3) is 0. The van der Waals surface area contributed by atoms with Crippen molar-refractivity contribution >= 4 is 0 Å². The SMILES string of the molecule is [CH2-]Oc1ncncn1.[Y+3]. The van der Waals surface area contributed by atoms with Crippen LogP contribution in [0.4, 0.5) is 0 Å². The standard InChI is InChI=1S/C4H4N3O.Y/c1-8-4-6-2-5-3-7-4;/h2-3H,1H2;/q-1;+3. The Morgan fingerprint density at radius 2 is 1.89 bits per heavy atom. The summed E-state index contributed by atoms with van der Waals surface area (Å²) in [6.07, 6.45) is 2.68. The molecule has 0 spiro atoms. The molecule has 4 nitrogen and oxygen atoms in total. The molecule has 0 aliphatic carbocycles. The van der Waals surface area contributed by atoms with Gasteiger partial charge in [0.05, 0.1) is 0 Å². The normalized spacial score (nSPS) is 7.67. The molecule has 1 heterocycles. The fourth-order valence-corrected chi connectivity index (χ4v) is 0.303. The van der Waals surface area contributed by atoms with Crippen molar-refractivity contribution in [1.29, 1.82) is 0 Å². The van der Waals surface area contributed by atoms with Crippen LogP contribution in [0.5, 0.6) is 6.01 Å². The van der Waals surface area contributed by atoms with Crippen LogP contribution in [0, 0.1) is 7.11 Å². The van der Waals surface area contributed by atoms with Crippen LogP contribution >= 0.6 is 0 Å². The van der Waals surface area contributed by atoms with Gasteiger partial charge in [0, 0.05) is 0 Å². The third-order valence-corrected chi connectivity index (χ3v) is 0.599. The monoisotopic (exact) mass is 199 g/mol. The maximum atomic E-state index is 4.40. The van der Waals surface area contributed by atoms with Gasteiger partial charge in [-0.3, -0.25) is 0 Å². The Morgan fingerprint density at radius 3 is 2.22 bits per heavy atom. The molecular weight excluding hydrogens is 195 g/mol. The molecule has 1 aromatic heterocycles. The van der Waals surface area contributed by atoms with E-state index < -0.39 is 0 Å². The molecule has 0 saturated carbocycles. The van der Waals surface area contributed by atoms with Gasteiger partial charge in [0.2, 0.25) is 0 Å². The predicted molar refractivity (Wildman–Crippen MR) is 25.8 cm³/mol. The van der Waals surface area contributed by atoms with Crippen molar-refractivity contribution in [2.45, 2.75) is 0 Å². The van der Waals surface area contributed by atoms with Crippen LogP contribution in [0.3, 0.4) is 0 Å². The van der Waals surface area contributed by atoms with Gasteiger partial charge in [-0.25, -0.2) is 4.98 Å². The van der Waals surface area contributed by atoms with Crippen molar-refractivity contribution in [1.82, 2.24) is 15.0 Å². The number of rotatable bonds is 1. The third kappa shape index (κ3) is 2.82. The van der Waals surface area contributed by atoms with Gasteiger partial charge in [-0.15, -0.1) is 0 Å². The molecule has 0 aromatic carbocycles. The first-order chi connectivity index (χ1) is 3.93. The molecule has 1 aromatic rings. The van der Waals surface area contributed by atoms with Crippen LogP contribution in [-0.4, -0.2) is 15.0 Å². The van der Waals surface area contributed by atoms with Crippen molar-refractivity contribution < 1.29 is 37.4 Å². The third-order valence-electron chi connectivity index (χ3n) is 0.599. The second-order valence-electron chi connectivity index (χ2n) is 1.07. The first-order valence-electron chi connectivity index (χ1n) is 1.97. The summed E-state index contributed by atoms with van der Waals surface area (Å²) in [4.78, 5) is 10.7. The number of hydrogen-bond donors (Lipinski definition) is 0. The molecule has 0 radical (unpaired) electrons. The Hall–Kier alpha value is -0.0861. The number of ether oxygens (including phenoxy) is 1. The summed E-state index contributed by atoms with van der Waals surface area (Å²) in [6.45, 7) is 0. The van der Waals surface area contributed by atoms with Crippen molar-refractivity contribution in [3.63, 3.8) is 0 Å². The molecule has 0 bridgehead atoms. The maximum Gasteiger partial charge on any atom is 3.00 e. The second-order valence-corrected chi connectivity index (χ2v) is 1.07. The van der Waals surface area contributed by atoms with Crippen LogP contribution in [0.2, 0.25) is 0 Å². The first-order valence-corrected chi connectivity index (χ1v) is 1.97. The van der Waals surface area contributed by atoms with Crippen molar-refractivity contribution in [3.05, 3.63) is 19.8 Å². The summed E-state index contributed by atoms with van der Waals surface area (Å²) >= 11 is 0. The van der Waals surface area contributed by atoms with E-state index in [2.05, 4.69) is 26.8 Å². The molecular formula is C4H4N3OY+2. The first kappa shape index (κ1) is 8.91. The Balaban J connectivity index is 0.000000640. The summed E-state index contributed by atoms with van der Waals surface area (Å²) in [5.41, 5.74) is 0. The molecule has 9 heavy (non-hydrogen) atoms. The van der Waals surface area contributed by atoms with E-state index in [-0.39, 0.29) is 38.7 Å². The van der Waals surface area contributed by atoms with Crippen LogP contribution in [0.25, 0.3) is 0 Å². The minimum Gasteiger partial charge on any atom is -0.638 e. The van der Waals surface area contributed by atoms with Crippen LogP contribution in [0.15, 0.2) is 12.7 Å². The molecule has 0 aliphatic heterocycles. The summed E-state index contributed by atoms with van der Waals surface area (Å²) in [6, 6.07) is 0.236. The van der Waals surface area contributed by atoms with Gasteiger partial charge in [0.25, 0.3) is 6.01 Å². The van der Waals surface area contributed by atoms with E-state index in [1.54, 1.807) is 0 Å². The van der Waals surface area contributed by atoms with Gasteiger partial charge in [-0.05, 0) is 0 Å². The van der Waals surface area contributed by atoms with Gasteiger partial charge >= 0.3 is 32.7 Å². The average molecular weight is 199 g/mol. The predicted octanol–water partition coefficient (Wildman–Crippen LogP) is 0.0395. The quantitative estimate of drug-likeness (QED) is 0.599. The summed E-state index contributed by atoms with van der Waals surface area (Å²) in [5, 5.41) is 0.